The summed E-state index contributed by atoms with van der Waals surface area (Å²) < 4.78 is 8.12. The van der Waals surface area contributed by atoms with Gasteiger partial charge in [0.15, 0.2) is 0 Å². The fourth-order valence-electron chi connectivity index (χ4n) is 1.80. The van der Waals surface area contributed by atoms with Crippen molar-refractivity contribution < 1.29 is 4.74 Å². The van der Waals surface area contributed by atoms with E-state index in [9.17, 15) is 0 Å². The van der Waals surface area contributed by atoms with Crippen molar-refractivity contribution in [1.82, 2.24) is 9.78 Å². The highest BCUT2D eigenvalue weighted by Crippen LogP contribution is 2.29. The summed E-state index contributed by atoms with van der Waals surface area (Å²) in [6.07, 6.45) is 1.77. The van der Waals surface area contributed by atoms with Crippen molar-refractivity contribution in [1.29, 1.82) is 0 Å². The number of rotatable bonds is 3. The Morgan fingerprint density at radius 1 is 1.41 bits per heavy atom. The first-order chi connectivity index (χ1) is 8.15. The molecule has 2 aromatic rings. The summed E-state index contributed by atoms with van der Waals surface area (Å²) in [6, 6.07) is 7.95. The normalized spacial score (nSPS) is 12.4. The Labute approximate surface area is 114 Å². The molecule has 0 aliphatic heterocycles. The lowest BCUT2D eigenvalue weighted by molar-refractivity contribution is 0.401. The highest BCUT2D eigenvalue weighted by Gasteiger charge is 2.16. The molecule has 0 spiro atoms. The molecule has 0 aliphatic carbocycles. The first-order valence-corrected chi connectivity index (χ1v) is 6.34. The minimum absolute atomic E-state index is 0.0506. The second-order valence-corrected chi connectivity index (χ2v) is 4.90. The maximum absolute atomic E-state index is 5.98. The number of methoxy groups -OCH3 is 1. The lowest BCUT2D eigenvalue weighted by atomic mass is 10.1. The van der Waals surface area contributed by atoms with Gasteiger partial charge in [0.05, 0.1) is 22.9 Å². The largest absolute Gasteiger partial charge is 0.496 e. The number of nitrogen functional groups attached to an aromatic ring is 1. The number of benzene rings is 1. The molecule has 4 nitrogen and oxygen atoms in total. The number of anilines is 1. The van der Waals surface area contributed by atoms with Crippen LogP contribution in [0.4, 0.5) is 5.82 Å². The summed E-state index contributed by atoms with van der Waals surface area (Å²) in [7, 11) is 1.67. The third kappa shape index (κ3) is 2.24. The Morgan fingerprint density at radius 2 is 2.12 bits per heavy atom. The molecule has 1 heterocycles. The minimum atomic E-state index is 0.0506. The van der Waals surface area contributed by atoms with Gasteiger partial charge in [0.2, 0.25) is 0 Å². The van der Waals surface area contributed by atoms with Gasteiger partial charge in [-0.3, -0.25) is 0 Å². The van der Waals surface area contributed by atoms with E-state index in [1.54, 1.807) is 18.0 Å². The number of hydrogen-bond donors (Lipinski definition) is 1. The number of hydrogen-bond acceptors (Lipinski definition) is 3. The molecule has 1 aromatic carbocycles. The molecule has 1 atom stereocenters. The van der Waals surface area contributed by atoms with E-state index in [0.717, 1.165) is 14.9 Å². The second kappa shape index (κ2) is 4.95. The molecule has 5 heteroatoms. The fraction of sp³-hybridized carbons (Fsp3) is 0.250. The fourth-order valence-corrected chi connectivity index (χ4v) is 2.17. The molecule has 0 aliphatic rings. The number of ether oxygens (including phenoxy) is 1. The number of aromatic nitrogens is 2. The molecule has 0 fully saturated rings. The Morgan fingerprint density at radius 3 is 2.71 bits per heavy atom. The average Bonchev–Trinajstić information content (AvgIpc) is 2.69. The van der Waals surface area contributed by atoms with Crippen LogP contribution in [0.5, 0.6) is 5.75 Å². The van der Waals surface area contributed by atoms with E-state index in [4.69, 9.17) is 10.5 Å². The molecule has 17 heavy (non-hydrogen) atoms. The van der Waals surface area contributed by atoms with E-state index < -0.39 is 0 Å². The van der Waals surface area contributed by atoms with Crippen LogP contribution in [-0.2, 0) is 0 Å². The Balaban J connectivity index is 2.43. The van der Waals surface area contributed by atoms with Crippen LogP contribution in [0.25, 0.3) is 0 Å². The van der Waals surface area contributed by atoms with Crippen molar-refractivity contribution in [2.45, 2.75) is 13.0 Å². The van der Waals surface area contributed by atoms with Crippen LogP contribution in [0.1, 0.15) is 18.5 Å². The zero-order chi connectivity index (χ0) is 12.4. The van der Waals surface area contributed by atoms with E-state index in [1.165, 1.54) is 0 Å². The number of halogens is 1. The molecule has 1 aromatic heterocycles. The molecule has 0 radical (unpaired) electrons. The number of para-hydroxylation sites is 1. The lowest BCUT2D eigenvalue weighted by Crippen LogP contribution is -2.12. The van der Waals surface area contributed by atoms with Gasteiger partial charge in [-0.2, -0.15) is 5.10 Å². The van der Waals surface area contributed by atoms with Crippen molar-refractivity contribution in [2.24, 2.45) is 0 Å². The second-order valence-electron chi connectivity index (χ2n) is 3.74. The number of nitrogens with two attached hydrogens (primary N) is 1. The molecular weight excluding hydrogens is 329 g/mol. The van der Waals surface area contributed by atoms with Crippen molar-refractivity contribution in [3.63, 3.8) is 0 Å². The van der Waals surface area contributed by atoms with Gasteiger partial charge < -0.3 is 10.5 Å². The van der Waals surface area contributed by atoms with E-state index in [1.807, 2.05) is 24.3 Å². The highest BCUT2D eigenvalue weighted by atomic mass is 127. The Bertz CT molecular complexity index is 524. The smallest absolute Gasteiger partial charge is 0.135 e. The first kappa shape index (κ1) is 12.2. The molecule has 90 valence electrons. The zero-order valence-corrected chi connectivity index (χ0v) is 11.9. The van der Waals surface area contributed by atoms with Gasteiger partial charge in [0.1, 0.15) is 11.6 Å². The third-order valence-electron chi connectivity index (χ3n) is 2.74. The summed E-state index contributed by atoms with van der Waals surface area (Å²) in [5, 5.41) is 4.30. The summed E-state index contributed by atoms with van der Waals surface area (Å²) in [5.41, 5.74) is 7.06. The van der Waals surface area contributed by atoms with Crippen molar-refractivity contribution in [2.75, 3.05) is 12.8 Å². The predicted octanol–water partition coefficient (Wildman–Crippen LogP) is 2.69. The third-order valence-corrected chi connectivity index (χ3v) is 3.57. The van der Waals surface area contributed by atoms with Crippen LogP contribution in [0.15, 0.2) is 30.5 Å². The van der Waals surface area contributed by atoms with Gasteiger partial charge in [-0.15, -0.1) is 0 Å². The van der Waals surface area contributed by atoms with Crippen molar-refractivity contribution in [3.05, 3.63) is 39.6 Å². The molecule has 2 rings (SSSR count). The van der Waals surface area contributed by atoms with Gasteiger partial charge in [-0.25, -0.2) is 4.68 Å². The van der Waals surface area contributed by atoms with Crippen LogP contribution >= 0.6 is 22.6 Å². The lowest BCUT2D eigenvalue weighted by Gasteiger charge is -2.17. The van der Waals surface area contributed by atoms with Crippen LogP contribution in [0, 0.1) is 3.57 Å². The quantitative estimate of drug-likeness (QED) is 0.872. The van der Waals surface area contributed by atoms with Crippen molar-refractivity contribution >= 4 is 28.4 Å². The van der Waals surface area contributed by atoms with Gasteiger partial charge >= 0.3 is 0 Å². The molecular formula is C12H14IN3O. The minimum Gasteiger partial charge on any atom is -0.496 e. The molecule has 0 bridgehead atoms. The monoisotopic (exact) mass is 343 g/mol. The van der Waals surface area contributed by atoms with E-state index in [2.05, 4.69) is 34.6 Å². The molecule has 0 saturated heterocycles. The van der Waals surface area contributed by atoms with Crippen molar-refractivity contribution in [3.8, 4) is 5.75 Å². The molecule has 1 unspecified atom stereocenters. The highest BCUT2D eigenvalue weighted by molar-refractivity contribution is 14.1. The van der Waals surface area contributed by atoms with E-state index >= 15 is 0 Å². The van der Waals surface area contributed by atoms with Gasteiger partial charge in [-0.1, -0.05) is 18.2 Å². The molecule has 2 N–H and O–H groups in total. The zero-order valence-electron chi connectivity index (χ0n) is 9.72. The van der Waals surface area contributed by atoms with Crippen LogP contribution in [-0.4, -0.2) is 16.9 Å². The van der Waals surface area contributed by atoms with Gasteiger partial charge in [-0.05, 0) is 35.6 Å². The van der Waals surface area contributed by atoms with Crippen LogP contribution in [0.3, 0.4) is 0 Å². The summed E-state index contributed by atoms with van der Waals surface area (Å²) in [5.74, 6) is 1.54. The van der Waals surface area contributed by atoms with Gasteiger partial charge in [0.25, 0.3) is 0 Å². The maximum Gasteiger partial charge on any atom is 0.135 e. The van der Waals surface area contributed by atoms with Gasteiger partial charge in [0, 0.05) is 5.56 Å². The predicted molar refractivity (Wildman–Crippen MR) is 76.2 cm³/mol. The standard InChI is InChI=1S/C12H14IN3O/c1-8(16-12(14)10(13)7-15-16)9-5-3-4-6-11(9)17-2/h3-8H,14H2,1-2H3. The maximum atomic E-state index is 5.98. The van der Waals surface area contributed by atoms with Crippen LogP contribution < -0.4 is 10.5 Å². The number of nitrogens with zero attached hydrogens (tertiary/aromatic N) is 2. The average molecular weight is 343 g/mol. The van der Waals surface area contributed by atoms with E-state index in [-0.39, 0.29) is 6.04 Å². The molecule has 0 amide bonds. The Kier molecular flexibility index (Phi) is 3.56. The topological polar surface area (TPSA) is 53.1 Å². The summed E-state index contributed by atoms with van der Waals surface area (Å²) in [6.45, 7) is 2.05. The van der Waals surface area contributed by atoms with E-state index in [0.29, 0.717) is 5.82 Å². The summed E-state index contributed by atoms with van der Waals surface area (Å²) in [4.78, 5) is 0. The molecule has 0 saturated carbocycles. The first-order valence-electron chi connectivity index (χ1n) is 5.26. The van der Waals surface area contributed by atoms with Crippen LogP contribution in [0.2, 0.25) is 0 Å². The Hall–Kier alpha value is -1.24. The summed E-state index contributed by atoms with van der Waals surface area (Å²) >= 11 is 2.18. The SMILES string of the molecule is COc1ccccc1C(C)n1ncc(I)c1N.